The van der Waals surface area contributed by atoms with Gasteiger partial charge in [-0.15, -0.1) is 11.3 Å². The van der Waals surface area contributed by atoms with Gasteiger partial charge in [0.2, 0.25) is 0 Å². The minimum atomic E-state index is -0.571. The Morgan fingerprint density at radius 1 is 1.29 bits per heavy atom. The Kier molecular flexibility index (Phi) is 3.87. The molecule has 3 heteroatoms. The van der Waals surface area contributed by atoms with E-state index in [0.29, 0.717) is 5.02 Å². The van der Waals surface area contributed by atoms with Crippen molar-refractivity contribution in [1.29, 1.82) is 0 Å². The van der Waals surface area contributed by atoms with E-state index in [2.05, 4.69) is 13.0 Å². The van der Waals surface area contributed by atoms with Gasteiger partial charge in [-0.3, -0.25) is 0 Å². The lowest BCUT2D eigenvalue weighted by molar-refractivity contribution is 0.224. The van der Waals surface area contributed by atoms with Crippen LogP contribution in [0, 0.1) is 6.92 Å². The Balaban J connectivity index is 2.29. The van der Waals surface area contributed by atoms with E-state index < -0.39 is 6.10 Å². The zero-order valence-electron chi connectivity index (χ0n) is 9.90. The Labute approximate surface area is 111 Å². The third-order valence-corrected chi connectivity index (χ3v) is 4.50. The van der Waals surface area contributed by atoms with E-state index in [-0.39, 0.29) is 0 Å². The molecule has 0 bridgehead atoms. The topological polar surface area (TPSA) is 20.2 Å². The highest BCUT2D eigenvalue weighted by Crippen LogP contribution is 2.30. The summed E-state index contributed by atoms with van der Waals surface area (Å²) in [5, 5.41) is 11.0. The Morgan fingerprint density at radius 2 is 2.06 bits per heavy atom. The molecule has 0 amide bonds. The monoisotopic (exact) mass is 266 g/mol. The van der Waals surface area contributed by atoms with Gasteiger partial charge < -0.3 is 5.11 Å². The Bertz CT molecular complexity index is 519. The fourth-order valence-electron chi connectivity index (χ4n) is 1.67. The van der Waals surface area contributed by atoms with Crippen molar-refractivity contribution in [2.45, 2.75) is 26.4 Å². The van der Waals surface area contributed by atoms with Crippen LogP contribution in [0.1, 0.15) is 33.9 Å². The quantitative estimate of drug-likeness (QED) is 0.875. The summed E-state index contributed by atoms with van der Waals surface area (Å²) >= 11 is 7.72. The zero-order valence-corrected chi connectivity index (χ0v) is 11.5. The highest BCUT2D eigenvalue weighted by molar-refractivity contribution is 7.12. The van der Waals surface area contributed by atoms with Crippen LogP contribution in [0.15, 0.2) is 30.3 Å². The largest absolute Gasteiger partial charge is 0.383 e. The van der Waals surface area contributed by atoms with Gasteiger partial charge in [-0.1, -0.05) is 30.7 Å². The molecule has 1 nitrogen and oxygen atoms in total. The van der Waals surface area contributed by atoms with E-state index in [4.69, 9.17) is 11.6 Å². The minimum absolute atomic E-state index is 0.571. The summed E-state index contributed by atoms with van der Waals surface area (Å²) in [4.78, 5) is 2.26. The number of aryl methyl sites for hydroxylation is 2. The standard InChI is InChI=1S/C14H15ClOS/c1-3-11-6-7-13(17-11)14(16)10-5-4-9(2)12(15)8-10/h4-8,14,16H,3H2,1-2H3. The molecule has 1 aromatic heterocycles. The second kappa shape index (κ2) is 5.21. The van der Waals surface area contributed by atoms with Gasteiger partial charge in [-0.2, -0.15) is 0 Å². The number of hydrogen-bond donors (Lipinski definition) is 1. The molecule has 17 heavy (non-hydrogen) atoms. The molecular weight excluding hydrogens is 252 g/mol. The minimum Gasteiger partial charge on any atom is -0.383 e. The van der Waals surface area contributed by atoms with Crippen molar-refractivity contribution < 1.29 is 5.11 Å². The van der Waals surface area contributed by atoms with E-state index in [1.54, 1.807) is 11.3 Å². The summed E-state index contributed by atoms with van der Waals surface area (Å²) in [5.74, 6) is 0. The predicted molar refractivity (Wildman–Crippen MR) is 73.9 cm³/mol. The van der Waals surface area contributed by atoms with Gasteiger partial charge in [0.05, 0.1) is 0 Å². The second-order valence-corrected chi connectivity index (χ2v) is 5.68. The maximum Gasteiger partial charge on any atom is 0.113 e. The zero-order chi connectivity index (χ0) is 12.4. The molecular formula is C14H15ClOS. The number of benzene rings is 1. The summed E-state index contributed by atoms with van der Waals surface area (Å²) in [6.07, 6.45) is 0.435. The lowest BCUT2D eigenvalue weighted by Crippen LogP contribution is -1.97. The molecule has 0 radical (unpaired) electrons. The van der Waals surface area contributed by atoms with E-state index >= 15 is 0 Å². The van der Waals surface area contributed by atoms with Gasteiger partial charge >= 0.3 is 0 Å². The van der Waals surface area contributed by atoms with Crippen LogP contribution in [-0.4, -0.2) is 5.11 Å². The summed E-state index contributed by atoms with van der Waals surface area (Å²) in [6.45, 7) is 4.07. The molecule has 1 aromatic carbocycles. The molecule has 2 aromatic rings. The molecule has 0 fully saturated rings. The first-order valence-corrected chi connectivity index (χ1v) is 6.84. The average Bonchev–Trinajstić information content (AvgIpc) is 2.80. The predicted octanol–water partition coefficient (Wildman–Crippen LogP) is 4.35. The molecule has 0 aliphatic heterocycles. The molecule has 0 spiro atoms. The molecule has 2 rings (SSSR count). The van der Waals surface area contributed by atoms with Gasteiger partial charge in [0.1, 0.15) is 6.10 Å². The van der Waals surface area contributed by atoms with Crippen LogP contribution in [0.3, 0.4) is 0 Å². The van der Waals surface area contributed by atoms with Crippen LogP contribution in [0.5, 0.6) is 0 Å². The maximum absolute atomic E-state index is 10.3. The van der Waals surface area contributed by atoms with E-state index in [9.17, 15) is 5.11 Å². The van der Waals surface area contributed by atoms with E-state index in [1.807, 2.05) is 31.2 Å². The van der Waals surface area contributed by atoms with Crippen LogP contribution in [-0.2, 0) is 6.42 Å². The van der Waals surface area contributed by atoms with Crippen molar-refractivity contribution in [2.75, 3.05) is 0 Å². The van der Waals surface area contributed by atoms with Crippen molar-refractivity contribution in [1.82, 2.24) is 0 Å². The van der Waals surface area contributed by atoms with Crippen LogP contribution in [0.2, 0.25) is 5.02 Å². The number of aliphatic hydroxyl groups is 1. The highest BCUT2D eigenvalue weighted by atomic mass is 35.5. The lowest BCUT2D eigenvalue weighted by Gasteiger charge is -2.10. The summed E-state index contributed by atoms with van der Waals surface area (Å²) in [5.41, 5.74) is 1.88. The Morgan fingerprint density at radius 3 is 2.65 bits per heavy atom. The fourth-order valence-corrected chi connectivity index (χ4v) is 2.83. The first-order valence-electron chi connectivity index (χ1n) is 5.64. The highest BCUT2D eigenvalue weighted by Gasteiger charge is 2.13. The normalized spacial score (nSPS) is 12.7. The molecule has 1 atom stereocenters. The third-order valence-electron chi connectivity index (χ3n) is 2.81. The first kappa shape index (κ1) is 12.6. The number of thiophene rings is 1. The van der Waals surface area contributed by atoms with Gasteiger partial charge in [-0.25, -0.2) is 0 Å². The van der Waals surface area contributed by atoms with Gasteiger partial charge in [-0.05, 0) is 42.7 Å². The van der Waals surface area contributed by atoms with Crippen LogP contribution in [0.4, 0.5) is 0 Å². The molecule has 0 aliphatic carbocycles. The van der Waals surface area contributed by atoms with Gasteiger partial charge in [0.15, 0.2) is 0 Å². The molecule has 0 aliphatic rings. The second-order valence-electron chi connectivity index (χ2n) is 4.07. The number of halogens is 1. The number of rotatable bonds is 3. The van der Waals surface area contributed by atoms with Crippen molar-refractivity contribution in [3.63, 3.8) is 0 Å². The van der Waals surface area contributed by atoms with Crippen molar-refractivity contribution in [2.24, 2.45) is 0 Å². The Hall–Kier alpha value is -0.830. The summed E-state index contributed by atoms with van der Waals surface area (Å²) < 4.78 is 0. The van der Waals surface area contributed by atoms with Gasteiger partial charge in [0.25, 0.3) is 0 Å². The van der Waals surface area contributed by atoms with Crippen molar-refractivity contribution in [3.8, 4) is 0 Å². The number of aliphatic hydroxyl groups excluding tert-OH is 1. The van der Waals surface area contributed by atoms with Crippen LogP contribution in [0.25, 0.3) is 0 Å². The molecule has 1 N–H and O–H groups in total. The molecule has 0 saturated heterocycles. The van der Waals surface area contributed by atoms with Crippen LogP contribution >= 0.6 is 22.9 Å². The first-order chi connectivity index (χ1) is 8.11. The van der Waals surface area contributed by atoms with Crippen molar-refractivity contribution >= 4 is 22.9 Å². The van der Waals surface area contributed by atoms with E-state index in [0.717, 1.165) is 22.4 Å². The molecule has 1 heterocycles. The molecule has 0 saturated carbocycles. The smallest absolute Gasteiger partial charge is 0.113 e. The number of hydrogen-bond acceptors (Lipinski definition) is 2. The van der Waals surface area contributed by atoms with Crippen LogP contribution < -0.4 is 0 Å². The van der Waals surface area contributed by atoms with Gasteiger partial charge in [0, 0.05) is 14.8 Å². The van der Waals surface area contributed by atoms with Crippen molar-refractivity contribution in [3.05, 3.63) is 56.2 Å². The third kappa shape index (κ3) is 2.71. The molecule has 90 valence electrons. The maximum atomic E-state index is 10.3. The SMILES string of the molecule is CCc1ccc(C(O)c2ccc(C)c(Cl)c2)s1. The van der Waals surface area contributed by atoms with E-state index in [1.165, 1.54) is 4.88 Å². The summed E-state index contributed by atoms with van der Waals surface area (Å²) in [6, 6.07) is 9.76. The average molecular weight is 267 g/mol. The fraction of sp³-hybridized carbons (Fsp3) is 0.286. The lowest BCUT2D eigenvalue weighted by atomic mass is 10.1. The molecule has 1 unspecified atom stereocenters. The summed E-state index contributed by atoms with van der Waals surface area (Å²) in [7, 11) is 0.